The highest BCUT2D eigenvalue weighted by molar-refractivity contribution is 8.08. The summed E-state index contributed by atoms with van der Waals surface area (Å²) in [5.41, 5.74) is 3.52. The van der Waals surface area contributed by atoms with Crippen LogP contribution in [0.25, 0.3) is 0 Å². The molecule has 24 heavy (non-hydrogen) atoms. The lowest BCUT2D eigenvalue weighted by Gasteiger charge is -2.30. The predicted octanol–water partition coefficient (Wildman–Crippen LogP) is 4.45. The molecule has 3 nitrogen and oxygen atoms in total. The third-order valence-corrected chi connectivity index (χ3v) is 5.59. The summed E-state index contributed by atoms with van der Waals surface area (Å²) in [5, 5.41) is 0. The van der Waals surface area contributed by atoms with E-state index in [1.165, 1.54) is 21.1 Å². The minimum absolute atomic E-state index is 0.470. The molecular formula is C20H24N2OS. The number of rotatable bonds is 3. The molecule has 0 N–H and O–H groups in total. The zero-order valence-electron chi connectivity index (χ0n) is 14.4. The highest BCUT2D eigenvalue weighted by atomic mass is 32.2. The third kappa shape index (κ3) is 3.82. The summed E-state index contributed by atoms with van der Waals surface area (Å²) in [6.07, 6.45) is 14.8. The van der Waals surface area contributed by atoms with Gasteiger partial charge in [-0.3, -0.25) is 4.99 Å². The Balaban J connectivity index is 1.90. The number of allylic oxidation sites excluding steroid dienone is 9. The summed E-state index contributed by atoms with van der Waals surface area (Å²) in [7, 11) is 0. The van der Waals surface area contributed by atoms with Gasteiger partial charge >= 0.3 is 0 Å². The minimum Gasteiger partial charge on any atom is -0.378 e. The van der Waals surface area contributed by atoms with Crippen molar-refractivity contribution < 1.29 is 4.74 Å². The van der Waals surface area contributed by atoms with Gasteiger partial charge in [-0.05, 0) is 24.5 Å². The van der Waals surface area contributed by atoms with E-state index in [1.54, 1.807) is 18.0 Å². The van der Waals surface area contributed by atoms with E-state index in [9.17, 15) is 0 Å². The van der Waals surface area contributed by atoms with Crippen LogP contribution in [0.1, 0.15) is 13.8 Å². The lowest BCUT2D eigenvalue weighted by Crippen LogP contribution is -2.35. The maximum atomic E-state index is 5.47. The molecule has 1 saturated heterocycles. The van der Waals surface area contributed by atoms with Crippen LogP contribution in [0.3, 0.4) is 0 Å². The summed E-state index contributed by atoms with van der Waals surface area (Å²) >= 11 is 1.80. The maximum absolute atomic E-state index is 5.47. The zero-order valence-corrected chi connectivity index (χ0v) is 15.2. The Morgan fingerprint density at radius 2 is 2.17 bits per heavy atom. The summed E-state index contributed by atoms with van der Waals surface area (Å²) in [6, 6.07) is 0. The summed E-state index contributed by atoms with van der Waals surface area (Å²) in [5.74, 6) is 0.470. The molecule has 0 spiro atoms. The molecule has 1 fully saturated rings. The van der Waals surface area contributed by atoms with Crippen LogP contribution in [0.4, 0.5) is 0 Å². The Morgan fingerprint density at radius 3 is 2.92 bits per heavy atom. The van der Waals surface area contributed by atoms with Crippen LogP contribution < -0.4 is 0 Å². The Bertz CT molecular complexity index is 688. The van der Waals surface area contributed by atoms with E-state index in [1.807, 2.05) is 0 Å². The summed E-state index contributed by atoms with van der Waals surface area (Å²) in [6.45, 7) is 11.6. The SMILES string of the molecule is C=CN=C1C=C(C2=CC=CC(C)C=C2)S/C1=C(/C)N1CCOCC1. The van der Waals surface area contributed by atoms with E-state index in [0.717, 1.165) is 32.0 Å². The number of thioether (sulfide) groups is 1. The molecule has 0 radical (unpaired) electrons. The molecule has 3 rings (SSSR count). The number of nitrogens with zero attached hydrogens (tertiary/aromatic N) is 2. The fourth-order valence-electron chi connectivity index (χ4n) is 2.89. The van der Waals surface area contributed by atoms with E-state index in [0.29, 0.717) is 5.92 Å². The van der Waals surface area contributed by atoms with Gasteiger partial charge in [-0.1, -0.05) is 55.6 Å². The fraction of sp³-hybridized carbons (Fsp3) is 0.350. The van der Waals surface area contributed by atoms with Gasteiger partial charge in [0.15, 0.2) is 0 Å². The Labute approximate surface area is 148 Å². The molecule has 0 saturated carbocycles. The maximum Gasteiger partial charge on any atom is 0.0797 e. The van der Waals surface area contributed by atoms with Gasteiger partial charge in [0.1, 0.15) is 0 Å². The lowest BCUT2D eigenvalue weighted by atomic mass is 10.1. The molecule has 1 atom stereocenters. The van der Waals surface area contributed by atoms with Crippen molar-refractivity contribution in [3.05, 3.63) is 70.3 Å². The second-order valence-corrected chi connectivity index (χ2v) is 7.10. The second kappa shape index (κ2) is 7.86. The zero-order chi connectivity index (χ0) is 16.9. The normalized spacial score (nSPS) is 27.8. The number of hydrogen-bond donors (Lipinski definition) is 0. The van der Waals surface area contributed by atoms with Gasteiger partial charge in [0, 0.05) is 29.9 Å². The Kier molecular flexibility index (Phi) is 5.59. The van der Waals surface area contributed by atoms with E-state index >= 15 is 0 Å². The van der Waals surface area contributed by atoms with Crippen LogP contribution in [0.15, 0.2) is 75.3 Å². The monoisotopic (exact) mass is 340 g/mol. The number of aliphatic imine (C=N–C) groups is 1. The number of morpholine rings is 1. The highest BCUT2D eigenvalue weighted by Crippen LogP contribution is 2.41. The Hall–Kier alpha value is -1.78. The van der Waals surface area contributed by atoms with Crippen LogP contribution >= 0.6 is 11.8 Å². The van der Waals surface area contributed by atoms with E-state index < -0.39 is 0 Å². The van der Waals surface area contributed by atoms with Gasteiger partial charge < -0.3 is 9.64 Å². The van der Waals surface area contributed by atoms with Gasteiger partial charge in [0.05, 0.1) is 23.8 Å². The van der Waals surface area contributed by atoms with Crippen LogP contribution in [0.2, 0.25) is 0 Å². The van der Waals surface area contributed by atoms with E-state index in [2.05, 4.69) is 66.8 Å². The van der Waals surface area contributed by atoms with Crippen molar-refractivity contribution in [1.82, 2.24) is 4.90 Å². The van der Waals surface area contributed by atoms with Crippen molar-refractivity contribution in [3.8, 4) is 0 Å². The average molecular weight is 340 g/mol. The van der Waals surface area contributed by atoms with Crippen LogP contribution in [-0.2, 0) is 4.74 Å². The molecule has 126 valence electrons. The van der Waals surface area contributed by atoms with Crippen LogP contribution in [0, 0.1) is 5.92 Å². The first kappa shape index (κ1) is 17.1. The van der Waals surface area contributed by atoms with Crippen molar-refractivity contribution >= 4 is 17.5 Å². The standard InChI is InChI=1S/C20H24N2OS/c1-4-21-18-14-19(17-7-5-6-15(2)8-9-17)24-20(18)16(3)22-10-12-23-13-11-22/h4-9,14-15H,1,10-13H2,2-3H3/b20-16-,21-18?. The first-order chi connectivity index (χ1) is 11.7. The van der Waals surface area contributed by atoms with Crippen molar-refractivity contribution in [2.75, 3.05) is 26.3 Å². The summed E-state index contributed by atoms with van der Waals surface area (Å²) in [4.78, 5) is 9.36. The largest absolute Gasteiger partial charge is 0.378 e. The molecule has 2 heterocycles. The number of ether oxygens (including phenoxy) is 1. The molecular weight excluding hydrogens is 316 g/mol. The first-order valence-corrected chi connectivity index (χ1v) is 9.20. The predicted molar refractivity (Wildman–Crippen MR) is 104 cm³/mol. The molecule has 4 heteroatoms. The van der Waals surface area contributed by atoms with Crippen LogP contribution in [-0.4, -0.2) is 36.9 Å². The van der Waals surface area contributed by atoms with Gasteiger partial charge in [-0.25, -0.2) is 0 Å². The molecule has 1 unspecified atom stereocenters. The van der Waals surface area contributed by atoms with Gasteiger partial charge in [-0.15, -0.1) is 0 Å². The molecule has 1 aliphatic carbocycles. The second-order valence-electron chi connectivity index (χ2n) is 6.05. The molecule has 0 aromatic carbocycles. The van der Waals surface area contributed by atoms with Crippen molar-refractivity contribution in [1.29, 1.82) is 0 Å². The molecule has 3 aliphatic rings. The average Bonchev–Trinajstić information content (AvgIpc) is 2.89. The topological polar surface area (TPSA) is 24.8 Å². The molecule has 2 aliphatic heterocycles. The van der Waals surface area contributed by atoms with Gasteiger partial charge in [0.25, 0.3) is 0 Å². The Morgan fingerprint density at radius 1 is 1.38 bits per heavy atom. The van der Waals surface area contributed by atoms with E-state index in [4.69, 9.17) is 4.74 Å². The smallest absolute Gasteiger partial charge is 0.0797 e. The van der Waals surface area contributed by atoms with Gasteiger partial charge in [-0.2, -0.15) is 0 Å². The van der Waals surface area contributed by atoms with Crippen LogP contribution in [0.5, 0.6) is 0 Å². The third-order valence-electron chi connectivity index (χ3n) is 4.31. The lowest BCUT2D eigenvalue weighted by molar-refractivity contribution is 0.0537. The fourth-order valence-corrected chi connectivity index (χ4v) is 4.03. The van der Waals surface area contributed by atoms with Crippen molar-refractivity contribution in [3.63, 3.8) is 0 Å². The highest BCUT2D eigenvalue weighted by Gasteiger charge is 2.24. The minimum atomic E-state index is 0.470. The van der Waals surface area contributed by atoms with E-state index in [-0.39, 0.29) is 0 Å². The first-order valence-electron chi connectivity index (χ1n) is 8.38. The van der Waals surface area contributed by atoms with Crippen molar-refractivity contribution in [2.45, 2.75) is 13.8 Å². The summed E-state index contributed by atoms with van der Waals surface area (Å²) < 4.78 is 5.47. The number of hydrogen-bond acceptors (Lipinski definition) is 4. The molecule has 0 amide bonds. The quantitative estimate of drug-likeness (QED) is 0.758. The molecule has 0 bridgehead atoms. The molecule has 0 aromatic rings. The van der Waals surface area contributed by atoms with Crippen molar-refractivity contribution in [2.24, 2.45) is 10.9 Å². The molecule has 0 aromatic heterocycles. The van der Waals surface area contributed by atoms with Gasteiger partial charge in [0.2, 0.25) is 0 Å².